The first-order chi connectivity index (χ1) is 16.9. The van der Waals surface area contributed by atoms with E-state index in [2.05, 4.69) is 10.1 Å². The number of aromatic nitrogens is 2. The molecular weight excluding hydrogens is 493 g/mol. The van der Waals surface area contributed by atoms with Gasteiger partial charge in [-0.25, -0.2) is 9.78 Å². The van der Waals surface area contributed by atoms with Crippen LogP contribution >= 0.6 is 23.2 Å². The number of hydrogen-bond donors (Lipinski definition) is 1. The van der Waals surface area contributed by atoms with Gasteiger partial charge in [-0.2, -0.15) is 9.78 Å². The van der Waals surface area contributed by atoms with Crippen LogP contribution in [0.25, 0.3) is 33.5 Å². The fourth-order valence-electron chi connectivity index (χ4n) is 3.53. The average Bonchev–Trinajstić information content (AvgIpc) is 3.27. The Hall–Kier alpha value is -4.14. The summed E-state index contributed by atoms with van der Waals surface area (Å²) in [4.78, 5) is 28.7. The molecule has 8 nitrogen and oxygen atoms in total. The van der Waals surface area contributed by atoms with Gasteiger partial charge in [-0.1, -0.05) is 53.5 Å². The molecule has 0 spiro atoms. The number of hydrogen-bond acceptors (Lipinski definition) is 6. The number of rotatable bonds is 6. The third kappa shape index (κ3) is 4.49. The zero-order chi connectivity index (χ0) is 24.5. The zero-order valence-corrected chi connectivity index (χ0v) is 19.3. The average molecular weight is 508 g/mol. The summed E-state index contributed by atoms with van der Waals surface area (Å²) in [6.45, 7) is -0.591. The second kappa shape index (κ2) is 9.25. The SMILES string of the molecule is O=C(O)COc1c(Cl)cc(C=Nn2c(-c3cc4ccccc4o3)nc3ccccc3c2=O)cc1Cl. The molecule has 0 bridgehead atoms. The Balaban J connectivity index is 1.62. The molecule has 2 aromatic heterocycles. The molecular formula is C25H15Cl2N3O5. The topological polar surface area (TPSA) is 107 Å². The molecule has 0 saturated heterocycles. The number of aliphatic carboxylic acids is 1. The lowest BCUT2D eigenvalue weighted by Gasteiger charge is -2.09. The summed E-state index contributed by atoms with van der Waals surface area (Å²) in [5, 5.41) is 14.6. The number of carbonyl (C=O) groups is 1. The van der Waals surface area contributed by atoms with E-state index in [1.165, 1.54) is 18.3 Å². The maximum Gasteiger partial charge on any atom is 0.341 e. The molecule has 0 amide bonds. The van der Waals surface area contributed by atoms with Crippen LogP contribution in [0.1, 0.15) is 5.56 Å². The molecule has 3 aromatic carbocycles. The van der Waals surface area contributed by atoms with Crippen molar-refractivity contribution in [3.8, 4) is 17.3 Å². The van der Waals surface area contributed by atoms with E-state index in [9.17, 15) is 9.59 Å². The summed E-state index contributed by atoms with van der Waals surface area (Å²) < 4.78 is 12.2. The van der Waals surface area contributed by atoms with Crippen molar-refractivity contribution in [3.63, 3.8) is 0 Å². The number of para-hydroxylation sites is 2. The number of furan rings is 1. The van der Waals surface area contributed by atoms with E-state index < -0.39 is 12.6 Å². The largest absolute Gasteiger partial charge is 0.479 e. The number of carboxylic acids is 1. The van der Waals surface area contributed by atoms with Crippen molar-refractivity contribution in [2.24, 2.45) is 5.10 Å². The molecule has 0 aliphatic heterocycles. The molecule has 0 radical (unpaired) electrons. The number of halogens is 2. The highest BCUT2D eigenvalue weighted by Crippen LogP contribution is 2.34. The van der Waals surface area contributed by atoms with Crippen LogP contribution in [0.15, 0.2) is 81.0 Å². The number of nitrogens with zero attached hydrogens (tertiary/aromatic N) is 3. The highest BCUT2D eigenvalue weighted by atomic mass is 35.5. The second-order valence-electron chi connectivity index (χ2n) is 7.46. The number of benzene rings is 3. The molecule has 0 aliphatic carbocycles. The molecule has 5 rings (SSSR count). The maximum atomic E-state index is 13.3. The molecule has 0 unspecified atom stereocenters. The Bertz CT molecular complexity index is 1630. The number of ether oxygens (including phenoxy) is 1. The van der Waals surface area contributed by atoms with Gasteiger partial charge in [0, 0.05) is 5.39 Å². The van der Waals surface area contributed by atoms with E-state index in [1.54, 1.807) is 30.3 Å². The number of fused-ring (bicyclic) bond motifs is 2. The standard InChI is InChI=1S/C25H15Cl2N3O5/c26-17-9-14(10-18(27)23(17)34-13-22(31)32)12-28-30-24(21-11-15-5-1-4-8-20(15)35-21)29-19-7-3-2-6-16(19)25(30)33/h1-12H,13H2,(H,31,32). The lowest BCUT2D eigenvalue weighted by Crippen LogP contribution is -2.20. The smallest absolute Gasteiger partial charge is 0.341 e. The Morgan fingerprint density at radius 1 is 1.09 bits per heavy atom. The van der Waals surface area contributed by atoms with Crippen LogP contribution in [0.3, 0.4) is 0 Å². The van der Waals surface area contributed by atoms with Gasteiger partial charge >= 0.3 is 5.97 Å². The van der Waals surface area contributed by atoms with Gasteiger partial charge in [-0.15, -0.1) is 0 Å². The lowest BCUT2D eigenvalue weighted by molar-refractivity contribution is -0.139. The molecule has 1 N–H and O–H groups in total. The highest BCUT2D eigenvalue weighted by Gasteiger charge is 2.17. The zero-order valence-electron chi connectivity index (χ0n) is 17.8. The van der Waals surface area contributed by atoms with Gasteiger partial charge in [0.2, 0.25) is 5.82 Å². The Morgan fingerprint density at radius 3 is 2.54 bits per heavy atom. The van der Waals surface area contributed by atoms with Crippen molar-refractivity contribution in [1.29, 1.82) is 0 Å². The molecule has 0 aliphatic rings. The molecule has 35 heavy (non-hydrogen) atoms. The van der Waals surface area contributed by atoms with E-state index in [1.807, 2.05) is 24.3 Å². The molecule has 0 saturated carbocycles. The van der Waals surface area contributed by atoms with Gasteiger partial charge in [0.05, 0.1) is 27.2 Å². The van der Waals surface area contributed by atoms with Crippen molar-refractivity contribution >= 4 is 57.3 Å². The van der Waals surface area contributed by atoms with Crippen LogP contribution in [-0.2, 0) is 4.79 Å². The molecule has 0 fully saturated rings. The Kier molecular flexibility index (Phi) is 5.98. The van der Waals surface area contributed by atoms with Crippen LogP contribution in [0.2, 0.25) is 10.0 Å². The Morgan fingerprint density at radius 2 is 1.80 bits per heavy atom. The summed E-state index contributed by atoms with van der Waals surface area (Å²) in [5.74, 6) is -0.524. The van der Waals surface area contributed by atoms with Crippen molar-refractivity contribution in [3.05, 3.63) is 92.7 Å². The molecule has 10 heteroatoms. The summed E-state index contributed by atoms with van der Waals surface area (Å²) >= 11 is 12.4. The third-order valence-electron chi connectivity index (χ3n) is 5.08. The summed E-state index contributed by atoms with van der Waals surface area (Å²) in [6, 6.07) is 19.2. The van der Waals surface area contributed by atoms with Crippen molar-refractivity contribution < 1.29 is 19.1 Å². The number of carboxylic acid groups (broad SMARTS) is 1. The van der Waals surface area contributed by atoms with Crippen LogP contribution in [-0.4, -0.2) is 33.6 Å². The second-order valence-corrected chi connectivity index (χ2v) is 8.27. The minimum absolute atomic E-state index is 0.0420. The van der Waals surface area contributed by atoms with Gasteiger partial charge in [-0.3, -0.25) is 4.79 Å². The maximum absolute atomic E-state index is 13.3. The van der Waals surface area contributed by atoms with Crippen molar-refractivity contribution in [2.45, 2.75) is 0 Å². The van der Waals surface area contributed by atoms with Gasteiger partial charge in [-0.05, 0) is 42.0 Å². The molecule has 174 valence electrons. The van der Waals surface area contributed by atoms with Gasteiger partial charge in [0.1, 0.15) is 5.58 Å². The predicted molar refractivity (Wildman–Crippen MR) is 134 cm³/mol. The highest BCUT2D eigenvalue weighted by molar-refractivity contribution is 6.37. The Labute approximate surface area is 207 Å². The van der Waals surface area contributed by atoms with E-state index in [4.69, 9.17) is 37.5 Å². The fourth-order valence-corrected chi connectivity index (χ4v) is 4.15. The first-order valence-electron chi connectivity index (χ1n) is 10.3. The molecule has 2 heterocycles. The van der Waals surface area contributed by atoms with Gasteiger partial charge in [0.25, 0.3) is 5.56 Å². The monoisotopic (exact) mass is 507 g/mol. The minimum atomic E-state index is -1.16. The van der Waals surface area contributed by atoms with Crippen LogP contribution in [0, 0.1) is 0 Å². The van der Waals surface area contributed by atoms with E-state index in [0.717, 1.165) is 10.1 Å². The van der Waals surface area contributed by atoms with E-state index >= 15 is 0 Å². The predicted octanol–water partition coefficient (Wildman–Crippen LogP) is 5.46. The third-order valence-corrected chi connectivity index (χ3v) is 5.64. The first-order valence-corrected chi connectivity index (χ1v) is 11.0. The fraction of sp³-hybridized carbons (Fsp3) is 0.0400. The summed E-state index contributed by atoms with van der Waals surface area (Å²) in [7, 11) is 0. The first kappa shape index (κ1) is 22.6. The quantitative estimate of drug-likeness (QED) is 0.305. The summed E-state index contributed by atoms with van der Waals surface area (Å²) in [6.07, 6.45) is 1.39. The van der Waals surface area contributed by atoms with Gasteiger partial charge < -0.3 is 14.3 Å². The normalized spacial score (nSPS) is 11.5. The molecule has 0 atom stereocenters. The van der Waals surface area contributed by atoms with Crippen LogP contribution in [0.5, 0.6) is 5.75 Å². The van der Waals surface area contributed by atoms with Crippen LogP contribution < -0.4 is 10.3 Å². The van der Waals surface area contributed by atoms with Crippen molar-refractivity contribution in [2.75, 3.05) is 6.61 Å². The minimum Gasteiger partial charge on any atom is -0.479 e. The van der Waals surface area contributed by atoms with E-state index in [-0.39, 0.29) is 27.2 Å². The van der Waals surface area contributed by atoms with Crippen LogP contribution in [0.4, 0.5) is 0 Å². The lowest BCUT2D eigenvalue weighted by atomic mass is 10.2. The molecule has 5 aromatic rings. The van der Waals surface area contributed by atoms with Crippen molar-refractivity contribution in [1.82, 2.24) is 9.66 Å². The van der Waals surface area contributed by atoms with E-state index in [0.29, 0.717) is 27.8 Å². The summed E-state index contributed by atoms with van der Waals surface area (Å²) in [5.41, 5.74) is 1.22. The van der Waals surface area contributed by atoms with Gasteiger partial charge in [0.15, 0.2) is 18.1 Å².